The Labute approximate surface area is 183 Å². The lowest BCUT2D eigenvalue weighted by Crippen LogP contribution is -2.37. The summed E-state index contributed by atoms with van der Waals surface area (Å²) in [7, 11) is 0. The second-order valence-corrected chi connectivity index (χ2v) is 7.57. The maximum absolute atomic E-state index is 12.8. The topological polar surface area (TPSA) is 114 Å². The van der Waals surface area contributed by atoms with Crippen LogP contribution in [0, 0.1) is 0 Å². The molecule has 4 N–H and O–H groups in total. The average molecular weight is 437 g/mol. The molecule has 0 spiro atoms. The number of carbonyl (C=O) groups is 2. The maximum atomic E-state index is 12.8. The Bertz CT molecular complexity index is 1220. The van der Waals surface area contributed by atoms with E-state index in [1.807, 2.05) is 37.3 Å². The number of fused-ring (bicyclic) bond motifs is 3. The van der Waals surface area contributed by atoms with Gasteiger partial charge in [-0.3, -0.25) is 14.6 Å². The highest BCUT2D eigenvalue weighted by Crippen LogP contribution is 2.34. The average Bonchev–Trinajstić information content (AvgIpc) is 3.09. The number of rotatable bonds is 5. The van der Waals surface area contributed by atoms with E-state index < -0.39 is 5.91 Å². The highest BCUT2D eigenvalue weighted by atomic mass is 35.5. The van der Waals surface area contributed by atoms with Crippen molar-refractivity contribution in [2.24, 2.45) is 10.7 Å². The van der Waals surface area contributed by atoms with Crippen LogP contribution in [0.3, 0.4) is 0 Å². The van der Waals surface area contributed by atoms with Gasteiger partial charge in [-0.2, -0.15) is 0 Å². The lowest BCUT2D eigenvalue weighted by Gasteiger charge is -2.23. The molecule has 1 aromatic carbocycles. The van der Waals surface area contributed by atoms with Gasteiger partial charge in [0.1, 0.15) is 17.0 Å². The number of nitrogens with two attached hydrogens (primary N) is 1. The fourth-order valence-electron chi connectivity index (χ4n) is 3.47. The van der Waals surface area contributed by atoms with Crippen molar-refractivity contribution in [1.82, 2.24) is 20.2 Å². The number of hydrogen-bond acceptors (Lipinski definition) is 5. The third-order valence-corrected chi connectivity index (χ3v) is 5.40. The van der Waals surface area contributed by atoms with Crippen molar-refractivity contribution >= 4 is 40.7 Å². The van der Waals surface area contributed by atoms with Gasteiger partial charge >= 0.3 is 0 Å². The van der Waals surface area contributed by atoms with Gasteiger partial charge in [-0.15, -0.1) is 0 Å². The van der Waals surface area contributed by atoms with E-state index in [0.29, 0.717) is 40.5 Å². The molecule has 2 amide bonds. The Balaban J connectivity index is 1.56. The number of carbonyl (C=O) groups excluding carboxylic acids is 2. The summed E-state index contributed by atoms with van der Waals surface area (Å²) in [5.41, 5.74) is 8.07. The maximum Gasteiger partial charge on any atom is 0.274 e. The van der Waals surface area contributed by atoms with E-state index in [1.165, 1.54) is 12.4 Å². The molecule has 0 fully saturated rings. The minimum Gasteiger partial charge on any atom is -0.403 e. The highest BCUT2D eigenvalue weighted by Gasteiger charge is 2.29. The summed E-state index contributed by atoms with van der Waals surface area (Å²) in [6.07, 6.45) is 2.78. The summed E-state index contributed by atoms with van der Waals surface area (Å²) in [5.74, 6) is -0.695. The summed E-state index contributed by atoms with van der Waals surface area (Å²) in [6, 6.07) is 12.9. The summed E-state index contributed by atoms with van der Waals surface area (Å²) in [5, 5.41) is 6.46. The number of halogens is 1. The van der Waals surface area contributed by atoms with Gasteiger partial charge in [0.15, 0.2) is 0 Å². The van der Waals surface area contributed by atoms with Gasteiger partial charge < -0.3 is 20.9 Å². The van der Waals surface area contributed by atoms with Crippen LogP contribution in [0.5, 0.6) is 0 Å². The zero-order valence-electron chi connectivity index (χ0n) is 16.8. The SMILES string of the molecule is C[C@@H]1CNC(=O)c2c(Cl)c3ccc(C(=O)NC(C=NCc4ccccc4)=CN)nc3n21. The molecule has 4 rings (SSSR count). The van der Waals surface area contributed by atoms with Crippen LogP contribution in [0.4, 0.5) is 0 Å². The smallest absolute Gasteiger partial charge is 0.274 e. The predicted octanol–water partition coefficient (Wildman–Crippen LogP) is 2.79. The van der Waals surface area contributed by atoms with Crippen LogP contribution in [0.2, 0.25) is 5.02 Å². The van der Waals surface area contributed by atoms with Crippen LogP contribution in [0.25, 0.3) is 11.0 Å². The molecule has 3 aromatic rings. The van der Waals surface area contributed by atoms with Crippen LogP contribution >= 0.6 is 11.6 Å². The molecule has 1 aliphatic heterocycles. The molecule has 31 heavy (non-hydrogen) atoms. The normalized spacial score (nSPS) is 16.4. The second-order valence-electron chi connectivity index (χ2n) is 7.19. The molecule has 0 radical (unpaired) electrons. The molecule has 0 aliphatic carbocycles. The third-order valence-electron chi connectivity index (χ3n) is 5.02. The van der Waals surface area contributed by atoms with E-state index in [0.717, 1.165) is 5.56 Å². The van der Waals surface area contributed by atoms with Gasteiger partial charge in [-0.1, -0.05) is 41.9 Å². The van der Waals surface area contributed by atoms with E-state index in [-0.39, 0.29) is 17.6 Å². The third kappa shape index (κ3) is 4.02. The number of allylic oxidation sites excluding steroid dienone is 1. The fraction of sp³-hybridized carbons (Fsp3) is 0.182. The van der Waals surface area contributed by atoms with Gasteiger partial charge in [0.2, 0.25) is 0 Å². The van der Waals surface area contributed by atoms with Crippen LogP contribution in [0.1, 0.15) is 39.5 Å². The fourth-order valence-corrected chi connectivity index (χ4v) is 3.79. The van der Waals surface area contributed by atoms with Crippen molar-refractivity contribution in [3.63, 3.8) is 0 Å². The van der Waals surface area contributed by atoms with E-state index >= 15 is 0 Å². The minimum atomic E-state index is -0.440. The summed E-state index contributed by atoms with van der Waals surface area (Å²) < 4.78 is 1.77. The lowest BCUT2D eigenvalue weighted by atomic mass is 10.2. The molecule has 0 unspecified atom stereocenters. The molecule has 0 saturated carbocycles. The first kappa shape index (κ1) is 20.6. The molecular weight excluding hydrogens is 416 g/mol. The molecule has 3 heterocycles. The number of nitrogens with zero attached hydrogens (tertiary/aromatic N) is 3. The van der Waals surface area contributed by atoms with Crippen molar-refractivity contribution < 1.29 is 9.59 Å². The molecule has 0 saturated heterocycles. The standard InChI is InChI=1S/C22H21ClN6O2/c1-13-10-26-22(31)19-18(23)16-7-8-17(28-20(16)29(13)19)21(30)27-15(9-24)12-25-11-14-5-3-2-4-6-14/h2-9,12-13H,10-11,24H2,1H3,(H,26,31)(H,27,30)/t13-/m1/s1. The van der Waals surface area contributed by atoms with E-state index in [9.17, 15) is 9.59 Å². The Morgan fingerprint density at radius 3 is 2.87 bits per heavy atom. The number of aliphatic imine (C=N–C) groups is 1. The Morgan fingerprint density at radius 1 is 1.35 bits per heavy atom. The first-order valence-electron chi connectivity index (χ1n) is 9.75. The zero-order valence-corrected chi connectivity index (χ0v) is 17.6. The molecule has 158 valence electrons. The van der Waals surface area contributed by atoms with Crippen LogP contribution in [-0.2, 0) is 6.54 Å². The Kier molecular flexibility index (Phi) is 5.73. The molecule has 0 bridgehead atoms. The molecule has 8 nitrogen and oxygen atoms in total. The summed E-state index contributed by atoms with van der Waals surface area (Å²) in [4.78, 5) is 33.8. The van der Waals surface area contributed by atoms with Crippen molar-refractivity contribution in [1.29, 1.82) is 0 Å². The van der Waals surface area contributed by atoms with Crippen molar-refractivity contribution in [2.45, 2.75) is 19.5 Å². The predicted molar refractivity (Wildman–Crippen MR) is 120 cm³/mol. The lowest BCUT2D eigenvalue weighted by molar-refractivity contribution is 0.0918. The number of benzene rings is 1. The molecule has 1 aliphatic rings. The number of hydrogen-bond donors (Lipinski definition) is 3. The highest BCUT2D eigenvalue weighted by molar-refractivity contribution is 6.38. The largest absolute Gasteiger partial charge is 0.403 e. The minimum absolute atomic E-state index is 0.0434. The van der Waals surface area contributed by atoms with Gasteiger partial charge in [-0.25, -0.2) is 4.98 Å². The van der Waals surface area contributed by atoms with Crippen molar-refractivity contribution in [3.05, 3.63) is 76.3 Å². The van der Waals surface area contributed by atoms with Crippen LogP contribution in [0.15, 0.2) is 59.4 Å². The Morgan fingerprint density at radius 2 is 2.13 bits per heavy atom. The van der Waals surface area contributed by atoms with Gasteiger partial charge in [0, 0.05) is 24.3 Å². The molecule has 2 aromatic heterocycles. The zero-order chi connectivity index (χ0) is 22.0. The number of pyridine rings is 1. The summed E-state index contributed by atoms with van der Waals surface area (Å²) in [6.45, 7) is 2.88. The van der Waals surface area contributed by atoms with Crippen molar-refractivity contribution in [3.8, 4) is 0 Å². The number of amides is 2. The monoisotopic (exact) mass is 436 g/mol. The van der Waals surface area contributed by atoms with Crippen molar-refractivity contribution in [2.75, 3.05) is 6.54 Å². The van der Waals surface area contributed by atoms with E-state index in [2.05, 4.69) is 20.6 Å². The molecular formula is C22H21ClN6O2. The second kappa shape index (κ2) is 8.61. The first-order chi connectivity index (χ1) is 15.0. The van der Waals surface area contributed by atoms with Crippen LogP contribution in [-0.4, -0.2) is 34.1 Å². The van der Waals surface area contributed by atoms with E-state index in [4.69, 9.17) is 17.3 Å². The van der Waals surface area contributed by atoms with Gasteiger partial charge in [0.25, 0.3) is 11.8 Å². The first-order valence-corrected chi connectivity index (χ1v) is 10.1. The molecule has 1 atom stereocenters. The number of nitrogens with one attached hydrogen (secondary N) is 2. The van der Waals surface area contributed by atoms with E-state index in [1.54, 1.807) is 16.7 Å². The number of aromatic nitrogens is 2. The van der Waals surface area contributed by atoms with Gasteiger partial charge in [0.05, 0.1) is 23.3 Å². The quantitative estimate of drug-likeness (QED) is 0.533. The molecule has 9 heteroatoms. The van der Waals surface area contributed by atoms with Crippen LogP contribution < -0.4 is 16.4 Å². The van der Waals surface area contributed by atoms with Gasteiger partial charge in [-0.05, 0) is 24.6 Å². The Hall–Kier alpha value is -3.65. The summed E-state index contributed by atoms with van der Waals surface area (Å²) >= 11 is 6.42.